The van der Waals surface area contributed by atoms with Crippen LogP contribution in [0.4, 0.5) is 0 Å². The van der Waals surface area contributed by atoms with Gasteiger partial charge in [0.15, 0.2) is 0 Å². The number of hydrogen-bond acceptors (Lipinski definition) is 7. The smallest absolute Gasteiger partial charge is 0.303 e. The molecule has 0 bridgehead atoms. The van der Waals surface area contributed by atoms with Crippen LogP contribution in [0.2, 0.25) is 0 Å². The summed E-state index contributed by atoms with van der Waals surface area (Å²) < 4.78 is 32.7. The molecule has 2 fully saturated rings. The number of aromatic nitrogens is 1. The van der Waals surface area contributed by atoms with Gasteiger partial charge in [-0.3, -0.25) is 9.59 Å². The Morgan fingerprint density at radius 3 is 2.22 bits per heavy atom. The minimum absolute atomic E-state index is 0.0561. The lowest BCUT2D eigenvalue weighted by Crippen LogP contribution is -2.40. The molecule has 2 aliphatic carbocycles. The molecule has 41 heavy (non-hydrogen) atoms. The standard InChI is InChI=1S/C30H36N4O5S2/c1-21-26(27(35)32-41(37,38)33(2)3)31-25(40-21)20-34(19-18-29(14-15-29)22-8-6-5-7-9-22)28(36)30(16-17-30)23-10-12-24(39-4)13-11-23/h5-13H,14-20H2,1-4H3,(H,32,35). The molecule has 2 aromatic carbocycles. The highest BCUT2D eigenvalue weighted by atomic mass is 32.2. The Bertz CT molecular complexity index is 1530. The molecule has 1 N–H and O–H groups in total. The minimum atomic E-state index is -3.96. The summed E-state index contributed by atoms with van der Waals surface area (Å²) in [6, 6.07) is 18.2. The van der Waals surface area contributed by atoms with Gasteiger partial charge in [-0.25, -0.2) is 9.71 Å². The van der Waals surface area contributed by atoms with Gasteiger partial charge in [-0.2, -0.15) is 12.7 Å². The molecule has 5 rings (SSSR count). The Kier molecular flexibility index (Phi) is 7.97. The van der Waals surface area contributed by atoms with Crippen LogP contribution in [-0.2, 0) is 32.4 Å². The number of methoxy groups -OCH3 is 1. The second kappa shape index (κ2) is 11.2. The maximum Gasteiger partial charge on any atom is 0.303 e. The molecule has 3 aromatic rings. The van der Waals surface area contributed by atoms with Gasteiger partial charge in [0.2, 0.25) is 5.91 Å². The number of carbonyl (C=O) groups excluding carboxylic acids is 2. The average molecular weight is 597 g/mol. The summed E-state index contributed by atoms with van der Waals surface area (Å²) in [4.78, 5) is 34.0. The lowest BCUT2D eigenvalue weighted by Gasteiger charge is -2.29. The number of benzene rings is 2. The third-order valence-corrected chi connectivity index (χ3v) is 10.6. The van der Waals surface area contributed by atoms with Gasteiger partial charge in [-0.05, 0) is 67.7 Å². The molecule has 0 radical (unpaired) electrons. The minimum Gasteiger partial charge on any atom is -0.497 e. The average Bonchev–Trinajstić information content (AvgIpc) is 3.89. The van der Waals surface area contributed by atoms with Crippen LogP contribution in [0.1, 0.15) is 63.6 Å². The number of hydrogen-bond donors (Lipinski definition) is 1. The molecule has 1 heterocycles. The van der Waals surface area contributed by atoms with E-state index in [1.807, 2.05) is 35.2 Å². The van der Waals surface area contributed by atoms with Gasteiger partial charge in [-0.15, -0.1) is 11.3 Å². The van der Waals surface area contributed by atoms with E-state index in [0.29, 0.717) is 16.4 Å². The van der Waals surface area contributed by atoms with Crippen LogP contribution in [0.15, 0.2) is 54.6 Å². The summed E-state index contributed by atoms with van der Waals surface area (Å²) in [7, 11) is 0.353. The number of nitrogens with zero attached hydrogens (tertiary/aromatic N) is 3. The monoisotopic (exact) mass is 596 g/mol. The molecular formula is C30H36N4O5S2. The lowest BCUT2D eigenvalue weighted by molar-refractivity contribution is -0.134. The highest BCUT2D eigenvalue weighted by molar-refractivity contribution is 7.87. The molecule has 2 aliphatic rings. The second-order valence-electron chi connectivity index (χ2n) is 11.2. The van der Waals surface area contributed by atoms with E-state index in [4.69, 9.17) is 4.74 Å². The highest BCUT2D eigenvalue weighted by Gasteiger charge is 2.53. The second-order valence-corrected chi connectivity index (χ2v) is 14.3. The van der Waals surface area contributed by atoms with Gasteiger partial charge in [0, 0.05) is 25.5 Å². The Morgan fingerprint density at radius 2 is 1.66 bits per heavy atom. The largest absolute Gasteiger partial charge is 0.497 e. The van der Waals surface area contributed by atoms with Crippen LogP contribution < -0.4 is 9.46 Å². The number of rotatable bonds is 12. The van der Waals surface area contributed by atoms with Gasteiger partial charge in [0.05, 0.1) is 19.1 Å². The van der Waals surface area contributed by atoms with E-state index in [9.17, 15) is 18.0 Å². The fraction of sp³-hybridized carbons (Fsp3) is 0.433. The van der Waals surface area contributed by atoms with E-state index < -0.39 is 21.5 Å². The summed E-state index contributed by atoms with van der Waals surface area (Å²) in [6.07, 6.45) is 4.55. The molecule has 0 aliphatic heterocycles. The molecule has 11 heteroatoms. The zero-order valence-corrected chi connectivity index (χ0v) is 25.5. The summed E-state index contributed by atoms with van der Waals surface area (Å²) in [5, 5.41) is 0.596. The molecule has 1 aromatic heterocycles. The van der Waals surface area contributed by atoms with E-state index in [0.717, 1.165) is 47.7 Å². The molecule has 218 valence electrons. The Hall–Kier alpha value is -3.28. The van der Waals surface area contributed by atoms with Crippen LogP contribution >= 0.6 is 11.3 Å². The Morgan fingerprint density at radius 1 is 1.00 bits per heavy atom. The molecule has 0 atom stereocenters. The predicted molar refractivity (Wildman–Crippen MR) is 158 cm³/mol. The third kappa shape index (κ3) is 6.02. The first-order valence-corrected chi connectivity index (χ1v) is 16.0. The lowest BCUT2D eigenvalue weighted by atomic mass is 9.91. The van der Waals surface area contributed by atoms with Crippen LogP contribution in [0, 0.1) is 6.92 Å². The van der Waals surface area contributed by atoms with Crippen LogP contribution in [-0.4, -0.2) is 62.2 Å². The van der Waals surface area contributed by atoms with Crippen molar-refractivity contribution in [3.05, 3.63) is 81.3 Å². The number of thiazole rings is 1. The first kappa shape index (κ1) is 29.2. The number of ether oxygens (including phenoxy) is 1. The third-order valence-electron chi connectivity index (χ3n) is 8.27. The van der Waals surface area contributed by atoms with Crippen molar-refractivity contribution in [3.63, 3.8) is 0 Å². The quantitative estimate of drug-likeness (QED) is 0.336. The fourth-order valence-electron chi connectivity index (χ4n) is 5.34. The van der Waals surface area contributed by atoms with Crippen LogP contribution in [0.25, 0.3) is 0 Å². The predicted octanol–water partition coefficient (Wildman–Crippen LogP) is 4.18. The van der Waals surface area contributed by atoms with Crippen LogP contribution in [0.3, 0.4) is 0 Å². The van der Waals surface area contributed by atoms with E-state index in [2.05, 4.69) is 34.0 Å². The molecule has 2 saturated carbocycles. The zero-order chi connectivity index (χ0) is 29.4. The summed E-state index contributed by atoms with van der Waals surface area (Å²) >= 11 is 1.31. The molecule has 0 spiro atoms. The number of aryl methyl sites for hydroxylation is 1. The summed E-state index contributed by atoms with van der Waals surface area (Å²) in [6.45, 7) is 2.54. The van der Waals surface area contributed by atoms with E-state index in [-0.39, 0.29) is 23.6 Å². The summed E-state index contributed by atoms with van der Waals surface area (Å²) in [5.74, 6) is 0.0165. The van der Waals surface area contributed by atoms with E-state index in [1.165, 1.54) is 31.0 Å². The first-order chi connectivity index (χ1) is 19.5. The Labute approximate surface area is 245 Å². The maximum atomic E-state index is 14.3. The van der Waals surface area contributed by atoms with Gasteiger partial charge >= 0.3 is 10.2 Å². The number of carbonyl (C=O) groups is 2. The van der Waals surface area contributed by atoms with E-state index in [1.54, 1.807) is 14.0 Å². The molecular weight excluding hydrogens is 560 g/mol. The zero-order valence-electron chi connectivity index (χ0n) is 23.8. The topological polar surface area (TPSA) is 109 Å². The van der Waals surface area contributed by atoms with Crippen molar-refractivity contribution < 1.29 is 22.7 Å². The fourth-order valence-corrected chi connectivity index (χ4v) is 6.80. The van der Waals surface area contributed by atoms with Crippen molar-refractivity contribution in [2.45, 2.75) is 56.4 Å². The van der Waals surface area contributed by atoms with Gasteiger partial charge in [0.25, 0.3) is 5.91 Å². The SMILES string of the molecule is COc1ccc(C2(C(=O)N(CCC3(c4ccccc4)CC3)Cc3nc(C(=O)NS(=O)(=O)N(C)C)c(C)s3)CC2)cc1. The van der Waals surface area contributed by atoms with E-state index >= 15 is 0 Å². The van der Waals surface area contributed by atoms with Crippen molar-refractivity contribution >= 4 is 33.4 Å². The van der Waals surface area contributed by atoms with Crippen LogP contribution in [0.5, 0.6) is 5.75 Å². The number of nitrogens with one attached hydrogen (secondary N) is 1. The van der Waals surface area contributed by atoms with Gasteiger partial charge < -0.3 is 9.64 Å². The van der Waals surface area contributed by atoms with Crippen molar-refractivity contribution in [3.8, 4) is 5.75 Å². The molecule has 2 amide bonds. The highest BCUT2D eigenvalue weighted by Crippen LogP contribution is 2.53. The van der Waals surface area contributed by atoms with Gasteiger partial charge in [-0.1, -0.05) is 42.5 Å². The van der Waals surface area contributed by atoms with Crippen molar-refractivity contribution in [1.29, 1.82) is 0 Å². The first-order valence-electron chi connectivity index (χ1n) is 13.7. The Balaban J connectivity index is 1.40. The summed E-state index contributed by atoms with van der Waals surface area (Å²) in [5.41, 5.74) is 1.82. The molecule has 0 unspecified atom stereocenters. The molecule has 9 nitrogen and oxygen atoms in total. The van der Waals surface area contributed by atoms with Crippen molar-refractivity contribution in [2.75, 3.05) is 27.7 Å². The normalized spacial score (nSPS) is 16.7. The maximum absolute atomic E-state index is 14.3. The number of amides is 2. The van der Waals surface area contributed by atoms with Crippen molar-refractivity contribution in [1.82, 2.24) is 18.9 Å². The molecule has 0 saturated heterocycles. The van der Waals surface area contributed by atoms with Crippen molar-refractivity contribution in [2.24, 2.45) is 0 Å². The van der Waals surface area contributed by atoms with Gasteiger partial charge in [0.1, 0.15) is 16.5 Å².